The van der Waals surface area contributed by atoms with Crippen LogP contribution in [0.3, 0.4) is 0 Å². The average Bonchev–Trinajstić information content (AvgIpc) is 2.12. The normalized spacial score (nSPS) is 4.63. The molecule has 0 aliphatic heterocycles. The van der Waals surface area contributed by atoms with E-state index in [9.17, 15) is 0 Å². The summed E-state index contributed by atoms with van der Waals surface area (Å²) in [5.41, 5.74) is 0. The zero-order valence-corrected chi connectivity index (χ0v) is 12.9. The van der Waals surface area contributed by atoms with E-state index < -0.39 is 0 Å². The summed E-state index contributed by atoms with van der Waals surface area (Å²) < 4.78 is 0. The van der Waals surface area contributed by atoms with Crippen molar-refractivity contribution in [3.05, 3.63) is 13.2 Å². The molecular formula is C10H29BO5V3-3. The van der Waals surface area contributed by atoms with Gasteiger partial charge in [0.1, 0.15) is 0 Å². The number of hydrogen-bond acceptors (Lipinski definition) is 5. The minimum atomic E-state index is 0. The molecule has 0 fully saturated rings. The molecule has 0 aromatic heterocycles. The molecule has 0 aliphatic rings. The minimum Gasteiger partial charge on any atom is -0.566 e. The van der Waals surface area contributed by atoms with E-state index in [2.05, 4.69) is 6.79 Å². The smallest absolute Gasteiger partial charge is 0.0179 e. The summed E-state index contributed by atoms with van der Waals surface area (Å²) >= 11 is 0. The first-order valence-corrected chi connectivity index (χ1v) is 3.20. The standard InChI is InChI=1S/2C3H7O2.CHO.3CH4.B.3V.H2/c2*4-2-1-3-5;1-2;;;;;;;;/h2*2,4-5H,1,3H2;1H;3*1H4;;;;;1H/q3*-1;;;;;;;;/i;;;;;;;;;;1+1. The van der Waals surface area contributed by atoms with Crippen molar-refractivity contribution in [1.29, 1.82) is 0 Å². The quantitative estimate of drug-likeness (QED) is 0.328. The molecule has 6 radical (unpaired) electrons. The molecule has 9 heteroatoms. The first kappa shape index (κ1) is 71.2. The average molecular weight is 394 g/mol. The summed E-state index contributed by atoms with van der Waals surface area (Å²) in [6, 6.07) is 0. The van der Waals surface area contributed by atoms with Crippen LogP contribution in [0, 0.1) is 13.2 Å². The molecule has 0 heterocycles. The minimum absolute atomic E-state index is 0. The molecule has 0 aromatic carbocycles. The largest absolute Gasteiger partial charge is 0.566 e. The van der Waals surface area contributed by atoms with Crippen LogP contribution >= 0.6 is 0 Å². The first-order chi connectivity index (χ1) is 5.83. The number of carbonyl (C=O) groups excluding carboxylic acids is 1. The Hall–Kier alpha value is 1.33. The summed E-state index contributed by atoms with van der Waals surface area (Å²) in [5, 5.41) is 31.3. The Balaban J connectivity index is -0.00000000589. The predicted molar refractivity (Wildman–Crippen MR) is 70.7 cm³/mol. The van der Waals surface area contributed by atoms with Crippen LogP contribution in [0.5, 0.6) is 0 Å². The van der Waals surface area contributed by atoms with Crippen molar-refractivity contribution in [2.45, 2.75) is 35.1 Å². The fourth-order valence-corrected chi connectivity index (χ4v) is 0.115. The molecular weight excluding hydrogens is 364 g/mol. The molecule has 0 amide bonds. The third-order valence-electron chi connectivity index (χ3n) is 0.516. The van der Waals surface area contributed by atoms with Crippen molar-refractivity contribution in [3.63, 3.8) is 0 Å². The van der Waals surface area contributed by atoms with Gasteiger partial charge in [-0.25, -0.2) is 13.2 Å². The number of aliphatic hydroxyl groups excluding tert-OH is 4. The van der Waals surface area contributed by atoms with Gasteiger partial charge in [0, 0.05) is 78.7 Å². The van der Waals surface area contributed by atoms with Crippen molar-refractivity contribution in [1.82, 2.24) is 0 Å². The third kappa shape index (κ3) is 204. The van der Waals surface area contributed by atoms with Gasteiger partial charge in [0.25, 0.3) is 0 Å². The first-order valence-electron chi connectivity index (χ1n) is 3.20. The van der Waals surface area contributed by atoms with Crippen LogP contribution in [0.25, 0.3) is 0 Å². The van der Waals surface area contributed by atoms with Crippen molar-refractivity contribution in [3.8, 4) is 0 Å². The van der Waals surface area contributed by atoms with E-state index in [4.69, 9.17) is 25.2 Å². The summed E-state index contributed by atoms with van der Waals surface area (Å²) in [6.07, 6.45) is 0.750. The number of aliphatic hydroxyl groups is 4. The Kier molecular flexibility index (Phi) is 453. The second-order valence-electron chi connectivity index (χ2n) is 1.39. The van der Waals surface area contributed by atoms with Crippen LogP contribution < -0.4 is 0 Å². The topological polar surface area (TPSA) is 98.0 Å². The van der Waals surface area contributed by atoms with Gasteiger partial charge in [0.05, 0.1) is 0 Å². The second kappa shape index (κ2) is 121. The van der Waals surface area contributed by atoms with E-state index >= 15 is 0 Å². The third-order valence-corrected chi connectivity index (χ3v) is 0.516. The number of rotatable bonds is 4. The zero-order chi connectivity index (χ0) is 10.2. The van der Waals surface area contributed by atoms with Crippen LogP contribution in [0.4, 0.5) is 0 Å². The molecule has 120 valence electrons. The van der Waals surface area contributed by atoms with Crippen LogP contribution in [0.15, 0.2) is 0 Å². The van der Waals surface area contributed by atoms with Gasteiger partial charge in [0.15, 0.2) is 0 Å². The van der Waals surface area contributed by atoms with Crippen LogP contribution in [-0.2, 0) is 60.5 Å². The van der Waals surface area contributed by atoms with Gasteiger partial charge < -0.3 is 25.2 Å². The Morgan fingerprint density at radius 1 is 0.789 bits per heavy atom. The maximum Gasteiger partial charge on any atom is 0.0179 e. The van der Waals surface area contributed by atoms with Gasteiger partial charge in [-0.1, -0.05) is 22.3 Å². The van der Waals surface area contributed by atoms with E-state index in [-0.39, 0.29) is 101 Å². The Morgan fingerprint density at radius 2 is 0.947 bits per heavy atom. The Bertz CT molecular complexity index is 66.2. The van der Waals surface area contributed by atoms with Crippen LogP contribution in [0.2, 0.25) is 0 Å². The van der Waals surface area contributed by atoms with Gasteiger partial charge in [-0.2, -0.15) is 0 Å². The SMILES string of the molecule is C.C.C.O[CH-]CCO.O[CH-]CCO.[2HH].[B].[CH-]=O.[V].[V].[V]. The summed E-state index contributed by atoms with van der Waals surface area (Å²) in [5.74, 6) is 0. The van der Waals surface area contributed by atoms with Crippen molar-refractivity contribution < 1.29 is 82.3 Å². The molecule has 5 nitrogen and oxygen atoms in total. The Labute approximate surface area is 158 Å². The molecule has 4 N–H and O–H groups in total. The van der Waals surface area contributed by atoms with Crippen molar-refractivity contribution in [2.24, 2.45) is 0 Å². The Morgan fingerprint density at radius 3 is 0.947 bits per heavy atom. The van der Waals surface area contributed by atoms with Crippen LogP contribution in [0.1, 0.15) is 36.5 Å². The van der Waals surface area contributed by atoms with E-state index in [0.29, 0.717) is 12.8 Å². The van der Waals surface area contributed by atoms with Crippen molar-refractivity contribution >= 4 is 15.2 Å². The maximum atomic E-state index is 7.88. The number of hydrogen-bond donors (Lipinski definition) is 4. The molecule has 0 atom stereocenters. The van der Waals surface area contributed by atoms with E-state index in [0.717, 1.165) is 13.2 Å². The molecule has 0 aromatic rings. The maximum absolute atomic E-state index is 7.88. The summed E-state index contributed by atoms with van der Waals surface area (Å²) in [6.45, 7) is 5.19. The molecule has 19 heavy (non-hydrogen) atoms. The van der Waals surface area contributed by atoms with Gasteiger partial charge in [0.2, 0.25) is 0 Å². The molecule has 0 rings (SSSR count). The molecule has 0 saturated carbocycles. The monoisotopic (exact) mass is 394 g/mol. The van der Waals surface area contributed by atoms with Gasteiger partial charge in [-0.05, 0) is 0 Å². The molecule has 0 spiro atoms. The molecule has 0 saturated heterocycles. The summed E-state index contributed by atoms with van der Waals surface area (Å²) in [7, 11) is 0. The van der Waals surface area contributed by atoms with Crippen molar-refractivity contribution in [2.75, 3.05) is 13.2 Å². The predicted octanol–water partition coefficient (Wildman–Crippen LogP) is 1.30. The van der Waals surface area contributed by atoms with E-state index in [1.54, 1.807) is 0 Å². The van der Waals surface area contributed by atoms with Gasteiger partial charge in [-0.3, -0.25) is 6.79 Å². The molecule has 0 bridgehead atoms. The van der Waals surface area contributed by atoms with E-state index in [1.807, 2.05) is 0 Å². The molecule has 0 unspecified atom stereocenters. The second-order valence-corrected chi connectivity index (χ2v) is 1.39. The van der Waals surface area contributed by atoms with Crippen LogP contribution in [-0.4, -0.2) is 48.8 Å². The van der Waals surface area contributed by atoms with Gasteiger partial charge in [-0.15, -0.1) is 12.8 Å². The summed E-state index contributed by atoms with van der Waals surface area (Å²) in [4.78, 5) is 7.75. The molecule has 0 aliphatic carbocycles. The van der Waals surface area contributed by atoms with E-state index in [1.165, 1.54) is 0 Å². The zero-order valence-electron chi connectivity index (χ0n) is 8.68. The fraction of sp³-hybridized carbons (Fsp3) is 0.700. The van der Waals surface area contributed by atoms with Gasteiger partial charge >= 0.3 is 0 Å². The fourth-order valence-electron chi connectivity index (χ4n) is 0.115.